The van der Waals surface area contributed by atoms with Crippen LogP contribution in [0.1, 0.15) is 47.2 Å². The van der Waals surface area contributed by atoms with Crippen LogP contribution in [-0.2, 0) is 32.2 Å². The Morgan fingerprint density at radius 3 is 2.20 bits per heavy atom. The van der Waals surface area contributed by atoms with Crippen LogP contribution in [0.3, 0.4) is 0 Å². The van der Waals surface area contributed by atoms with E-state index in [1.807, 2.05) is 60.7 Å². The molecule has 0 fully saturated rings. The van der Waals surface area contributed by atoms with Crippen LogP contribution in [0.4, 0.5) is 10.5 Å². The monoisotopic (exact) mass is 557 g/mol. The Hall–Kier alpha value is -4.66. The summed E-state index contributed by atoms with van der Waals surface area (Å²) in [7, 11) is 1.27. The number of nitrogens with one attached hydrogen (secondary N) is 1. The lowest BCUT2D eigenvalue weighted by molar-refractivity contribution is -0.140. The third kappa shape index (κ3) is 7.94. The zero-order valence-electron chi connectivity index (χ0n) is 23.2. The van der Waals surface area contributed by atoms with Crippen LogP contribution in [-0.4, -0.2) is 55.0 Å². The normalized spacial score (nSPS) is 14.7. The Morgan fingerprint density at radius 1 is 0.829 bits per heavy atom. The maximum Gasteiger partial charge on any atom is 0.407 e. The highest BCUT2D eigenvalue weighted by Crippen LogP contribution is 2.31. The van der Waals surface area contributed by atoms with E-state index in [2.05, 4.69) is 5.32 Å². The second kappa shape index (κ2) is 14.6. The molecule has 0 saturated heterocycles. The predicted molar refractivity (Wildman–Crippen MR) is 154 cm³/mol. The summed E-state index contributed by atoms with van der Waals surface area (Å²) in [5.41, 5.74) is 2.57. The number of amides is 3. The Balaban J connectivity index is 1.41. The molecule has 3 aromatic rings. The van der Waals surface area contributed by atoms with Crippen molar-refractivity contribution in [3.8, 4) is 0 Å². The van der Waals surface area contributed by atoms with Gasteiger partial charge >= 0.3 is 12.1 Å². The number of para-hydroxylation sites is 1. The lowest BCUT2D eigenvalue weighted by atomic mass is 10.0. The number of carbonyl (C=O) groups excluding carboxylic acids is 4. The average molecular weight is 558 g/mol. The van der Waals surface area contributed by atoms with E-state index in [0.717, 1.165) is 17.5 Å². The SMILES string of the molecule is COC(=O)CN1C(=O)C(CCCCCNC(=O)OCc2ccccc2)N(Cc2ccccc2)C(=O)c2ccccc21. The summed E-state index contributed by atoms with van der Waals surface area (Å²) in [6.07, 6.45) is 1.96. The molecule has 1 unspecified atom stereocenters. The van der Waals surface area contributed by atoms with Gasteiger partial charge in [-0.2, -0.15) is 0 Å². The molecule has 1 N–H and O–H groups in total. The van der Waals surface area contributed by atoms with Crippen LogP contribution in [0.15, 0.2) is 84.9 Å². The highest BCUT2D eigenvalue weighted by molar-refractivity contribution is 6.12. The van der Waals surface area contributed by atoms with Crippen LogP contribution in [0.5, 0.6) is 0 Å². The number of anilines is 1. The van der Waals surface area contributed by atoms with E-state index in [-0.39, 0.29) is 31.5 Å². The van der Waals surface area contributed by atoms with E-state index >= 15 is 0 Å². The number of rotatable bonds is 12. The Bertz CT molecular complexity index is 1330. The minimum Gasteiger partial charge on any atom is -0.468 e. The Labute approximate surface area is 240 Å². The van der Waals surface area contributed by atoms with Crippen molar-refractivity contribution in [3.63, 3.8) is 0 Å². The molecule has 3 aromatic carbocycles. The standard InChI is InChI=1S/C32H35N3O6/c1-40-29(36)22-35-27-18-11-10-17-26(27)30(37)34(21-24-13-5-2-6-14-24)28(31(35)38)19-9-4-12-20-33-32(39)41-23-25-15-7-3-8-16-25/h2-3,5-8,10-11,13-18,28H,4,9,12,19-23H2,1H3,(H,33,39). The average Bonchev–Trinajstić information content (AvgIpc) is 3.08. The minimum absolute atomic E-state index is 0.201. The van der Waals surface area contributed by atoms with E-state index in [9.17, 15) is 19.2 Å². The topological polar surface area (TPSA) is 105 Å². The molecular formula is C32H35N3O6. The fourth-order valence-electron chi connectivity index (χ4n) is 4.82. The third-order valence-corrected chi connectivity index (χ3v) is 6.96. The van der Waals surface area contributed by atoms with Crippen LogP contribution in [0, 0.1) is 0 Å². The summed E-state index contributed by atoms with van der Waals surface area (Å²) in [5, 5.41) is 2.75. The summed E-state index contributed by atoms with van der Waals surface area (Å²) >= 11 is 0. The number of methoxy groups -OCH3 is 1. The van der Waals surface area contributed by atoms with Gasteiger partial charge in [-0.25, -0.2) is 4.79 Å². The first-order valence-corrected chi connectivity index (χ1v) is 13.7. The molecule has 4 rings (SSSR count). The van der Waals surface area contributed by atoms with Crippen molar-refractivity contribution < 1.29 is 28.7 Å². The zero-order chi connectivity index (χ0) is 29.0. The number of hydrogen-bond acceptors (Lipinski definition) is 6. The second-order valence-electron chi connectivity index (χ2n) is 9.79. The lowest BCUT2D eigenvalue weighted by Gasteiger charge is -2.31. The summed E-state index contributed by atoms with van der Waals surface area (Å²) in [6.45, 7) is 0.598. The Morgan fingerprint density at radius 2 is 1.49 bits per heavy atom. The number of carbonyl (C=O) groups is 4. The quantitative estimate of drug-likeness (QED) is 0.256. The van der Waals surface area contributed by atoms with Crippen LogP contribution < -0.4 is 10.2 Å². The molecule has 3 amide bonds. The number of unbranched alkanes of at least 4 members (excludes halogenated alkanes) is 2. The summed E-state index contributed by atoms with van der Waals surface area (Å²) in [4.78, 5) is 55.0. The van der Waals surface area contributed by atoms with Gasteiger partial charge in [-0.15, -0.1) is 0 Å². The van der Waals surface area contributed by atoms with Gasteiger partial charge in [-0.3, -0.25) is 19.3 Å². The Kier molecular flexibility index (Phi) is 10.5. The van der Waals surface area contributed by atoms with Gasteiger partial charge in [0.1, 0.15) is 19.2 Å². The van der Waals surface area contributed by atoms with Gasteiger partial charge in [0.05, 0.1) is 18.4 Å². The van der Waals surface area contributed by atoms with Gasteiger partial charge in [0, 0.05) is 13.1 Å². The zero-order valence-corrected chi connectivity index (χ0v) is 23.2. The number of benzene rings is 3. The summed E-state index contributed by atoms with van der Waals surface area (Å²) in [5.74, 6) is -1.16. The van der Waals surface area contributed by atoms with Gasteiger partial charge in [0.15, 0.2) is 0 Å². The fraction of sp³-hybridized carbons (Fsp3) is 0.312. The number of hydrogen-bond donors (Lipinski definition) is 1. The largest absolute Gasteiger partial charge is 0.468 e. The number of nitrogens with zero attached hydrogens (tertiary/aromatic N) is 2. The molecule has 9 nitrogen and oxygen atoms in total. The van der Waals surface area contributed by atoms with Gasteiger partial charge < -0.3 is 19.7 Å². The van der Waals surface area contributed by atoms with E-state index in [1.54, 1.807) is 29.2 Å². The molecule has 214 valence electrons. The molecule has 0 aliphatic carbocycles. The van der Waals surface area contributed by atoms with E-state index in [1.165, 1.54) is 12.0 Å². The van der Waals surface area contributed by atoms with Crippen LogP contribution >= 0.6 is 0 Å². The predicted octanol–water partition coefficient (Wildman–Crippen LogP) is 4.70. The molecule has 41 heavy (non-hydrogen) atoms. The third-order valence-electron chi connectivity index (χ3n) is 6.96. The first kappa shape index (κ1) is 29.3. The minimum atomic E-state index is -0.774. The number of fused-ring (bicyclic) bond motifs is 1. The maximum absolute atomic E-state index is 14.0. The van der Waals surface area contributed by atoms with Gasteiger partial charge in [-0.05, 0) is 36.1 Å². The molecular weight excluding hydrogens is 522 g/mol. The highest BCUT2D eigenvalue weighted by atomic mass is 16.5. The number of ether oxygens (including phenoxy) is 2. The molecule has 1 aliphatic heterocycles. The van der Waals surface area contributed by atoms with Gasteiger partial charge in [0.25, 0.3) is 5.91 Å². The molecule has 0 spiro atoms. The fourth-order valence-corrected chi connectivity index (χ4v) is 4.82. The molecule has 0 saturated carbocycles. The van der Waals surface area contributed by atoms with Crippen molar-refractivity contribution in [1.29, 1.82) is 0 Å². The second-order valence-corrected chi connectivity index (χ2v) is 9.79. The van der Waals surface area contributed by atoms with Crippen molar-refractivity contribution in [2.45, 2.75) is 44.9 Å². The van der Waals surface area contributed by atoms with E-state index < -0.39 is 18.1 Å². The molecule has 0 bridgehead atoms. The lowest BCUT2D eigenvalue weighted by Crippen LogP contribution is -2.49. The van der Waals surface area contributed by atoms with Crippen molar-refractivity contribution >= 4 is 29.6 Å². The van der Waals surface area contributed by atoms with Crippen LogP contribution in [0.2, 0.25) is 0 Å². The molecule has 0 radical (unpaired) electrons. The van der Waals surface area contributed by atoms with Gasteiger partial charge in [-0.1, -0.05) is 85.6 Å². The van der Waals surface area contributed by atoms with E-state index in [4.69, 9.17) is 9.47 Å². The number of alkyl carbamates (subject to hydrolysis) is 1. The van der Waals surface area contributed by atoms with Crippen molar-refractivity contribution in [2.24, 2.45) is 0 Å². The van der Waals surface area contributed by atoms with Gasteiger partial charge in [0.2, 0.25) is 5.91 Å². The molecule has 1 aliphatic rings. The summed E-state index contributed by atoms with van der Waals surface area (Å²) in [6, 6.07) is 25.0. The van der Waals surface area contributed by atoms with Crippen molar-refractivity contribution in [3.05, 3.63) is 102 Å². The van der Waals surface area contributed by atoms with Crippen molar-refractivity contribution in [2.75, 3.05) is 25.1 Å². The number of esters is 1. The maximum atomic E-state index is 14.0. The summed E-state index contributed by atoms with van der Waals surface area (Å²) < 4.78 is 10.1. The molecule has 9 heteroatoms. The first-order valence-electron chi connectivity index (χ1n) is 13.7. The molecule has 1 atom stereocenters. The smallest absolute Gasteiger partial charge is 0.407 e. The molecule has 0 aromatic heterocycles. The molecule has 1 heterocycles. The van der Waals surface area contributed by atoms with E-state index in [0.29, 0.717) is 37.1 Å². The first-order chi connectivity index (χ1) is 20.0. The highest BCUT2D eigenvalue weighted by Gasteiger charge is 2.39. The van der Waals surface area contributed by atoms with Crippen molar-refractivity contribution in [1.82, 2.24) is 10.2 Å². The van der Waals surface area contributed by atoms with Crippen LogP contribution in [0.25, 0.3) is 0 Å².